The molecule has 0 radical (unpaired) electrons. The van der Waals surface area contributed by atoms with Crippen LogP contribution in [0.5, 0.6) is 0 Å². The van der Waals surface area contributed by atoms with Gasteiger partial charge in [-0.05, 0) is 24.1 Å². The molecule has 1 rings (SSSR count). The molecular formula is C12H16N2O3S. The van der Waals surface area contributed by atoms with Gasteiger partial charge in [0.15, 0.2) is 0 Å². The van der Waals surface area contributed by atoms with Crippen LogP contribution in [0.1, 0.15) is 24.5 Å². The third-order valence-corrected chi connectivity index (χ3v) is 3.77. The molecule has 6 heteroatoms. The summed E-state index contributed by atoms with van der Waals surface area (Å²) >= 11 is 0. The molecule has 0 amide bonds. The fourth-order valence-electron chi connectivity index (χ4n) is 1.31. The Kier molecular flexibility index (Phi) is 5.28. The van der Waals surface area contributed by atoms with E-state index in [1.807, 2.05) is 6.07 Å². The van der Waals surface area contributed by atoms with Crippen LogP contribution in [-0.2, 0) is 15.8 Å². The second-order valence-corrected chi connectivity index (χ2v) is 5.79. The lowest BCUT2D eigenvalue weighted by atomic mass is 10.2. The monoisotopic (exact) mass is 268 g/mol. The molecule has 2 N–H and O–H groups in total. The summed E-state index contributed by atoms with van der Waals surface area (Å²) in [6.45, 7) is 1.80. The third kappa shape index (κ3) is 4.84. The zero-order chi connectivity index (χ0) is 13.6. The first-order valence-electron chi connectivity index (χ1n) is 5.61. The molecule has 0 aliphatic heterocycles. The van der Waals surface area contributed by atoms with Crippen LogP contribution in [0.25, 0.3) is 0 Å². The normalized spacial score (nSPS) is 12.9. The number of nitrogens with zero attached hydrogens (tertiary/aromatic N) is 1. The van der Waals surface area contributed by atoms with E-state index < -0.39 is 16.1 Å². The molecule has 98 valence electrons. The van der Waals surface area contributed by atoms with Gasteiger partial charge in [0.25, 0.3) is 0 Å². The summed E-state index contributed by atoms with van der Waals surface area (Å²) in [6.07, 6.45) is -0.167. The number of aliphatic hydroxyl groups is 1. The lowest BCUT2D eigenvalue weighted by Crippen LogP contribution is -2.32. The molecule has 1 aromatic carbocycles. The van der Waals surface area contributed by atoms with E-state index in [2.05, 4.69) is 4.72 Å². The first-order valence-corrected chi connectivity index (χ1v) is 7.26. The summed E-state index contributed by atoms with van der Waals surface area (Å²) in [4.78, 5) is 0. The van der Waals surface area contributed by atoms with Crippen molar-refractivity contribution in [3.05, 3.63) is 35.4 Å². The summed E-state index contributed by atoms with van der Waals surface area (Å²) in [5.41, 5.74) is 1.10. The Morgan fingerprint density at radius 1 is 1.39 bits per heavy atom. The number of aliphatic hydroxyl groups excluding tert-OH is 1. The zero-order valence-corrected chi connectivity index (χ0v) is 10.9. The van der Waals surface area contributed by atoms with Crippen molar-refractivity contribution >= 4 is 10.0 Å². The Morgan fingerprint density at radius 2 is 2.00 bits per heavy atom. The SMILES string of the molecule is CCC(O)CNS(=O)(=O)Cc1ccc(C#N)cc1. The van der Waals surface area contributed by atoms with Crippen LogP contribution in [0.15, 0.2) is 24.3 Å². The first-order chi connectivity index (χ1) is 8.46. The van der Waals surface area contributed by atoms with Gasteiger partial charge in [-0.25, -0.2) is 13.1 Å². The lowest BCUT2D eigenvalue weighted by Gasteiger charge is -2.10. The topological polar surface area (TPSA) is 90.2 Å². The molecule has 0 heterocycles. The predicted octanol–water partition coefficient (Wildman–Crippen LogP) is 0.749. The van der Waals surface area contributed by atoms with E-state index in [4.69, 9.17) is 5.26 Å². The van der Waals surface area contributed by atoms with Crippen LogP contribution in [0.2, 0.25) is 0 Å². The predicted molar refractivity (Wildman–Crippen MR) is 68.1 cm³/mol. The van der Waals surface area contributed by atoms with E-state index in [9.17, 15) is 13.5 Å². The van der Waals surface area contributed by atoms with Crippen molar-refractivity contribution in [3.63, 3.8) is 0 Å². The van der Waals surface area contributed by atoms with Gasteiger partial charge in [0.2, 0.25) is 10.0 Å². The molecule has 5 nitrogen and oxygen atoms in total. The third-order valence-electron chi connectivity index (χ3n) is 2.45. The van der Waals surface area contributed by atoms with Crippen molar-refractivity contribution in [2.75, 3.05) is 6.54 Å². The highest BCUT2D eigenvalue weighted by Gasteiger charge is 2.13. The van der Waals surface area contributed by atoms with Gasteiger partial charge >= 0.3 is 0 Å². The van der Waals surface area contributed by atoms with E-state index in [1.165, 1.54) is 0 Å². The highest BCUT2D eigenvalue weighted by atomic mass is 32.2. The number of hydrogen-bond donors (Lipinski definition) is 2. The largest absolute Gasteiger partial charge is 0.392 e. The minimum absolute atomic E-state index is 0.0229. The van der Waals surface area contributed by atoms with E-state index in [0.717, 1.165) is 0 Å². The minimum Gasteiger partial charge on any atom is -0.392 e. The van der Waals surface area contributed by atoms with Gasteiger partial charge in [-0.15, -0.1) is 0 Å². The maximum Gasteiger partial charge on any atom is 0.215 e. The fourth-order valence-corrected chi connectivity index (χ4v) is 2.49. The molecule has 0 saturated carbocycles. The van der Waals surface area contributed by atoms with Crippen LogP contribution in [-0.4, -0.2) is 26.2 Å². The van der Waals surface area contributed by atoms with Gasteiger partial charge in [0.05, 0.1) is 23.5 Å². The van der Waals surface area contributed by atoms with Gasteiger partial charge in [-0.2, -0.15) is 5.26 Å². The van der Waals surface area contributed by atoms with Crippen molar-refractivity contribution in [3.8, 4) is 6.07 Å². The van der Waals surface area contributed by atoms with E-state index in [0.29, 0.717) is 17.5 Å². The van der Waals surface area contributed by atoms with Gasteiger partial charge in [0, 0.05) is 6.54 Å². The van der Waals surface area contributed by atoms with Gasteiger partial charge in [-0.1, -0.05) is 19.1 Å². The zero-order valence-electron chi connectivity index (χ0n) is 10.1. The average Bonchev–Trinajstić information content (AvgIpc) is 2.36. The maximum absolute atomic E-state index is 11.7. The molecule has 1 aromatic rings. The molecule has 0 bridgehead atoms. The molecule has 0 aromatic heterocycles. The number of nitriles is 1. The van der Waals surface area contributed by atoms with Gasteiger partial charge < -0.3 is 5.11 Å². The Bertz CT molecular complexity index is 517. The number of benzene rings is 1. The molecule has 0 saturated heterocycles. The highest BCUT2D eigenvalue weighted by molar-refractivity contribution is 7.88. The average molecular weight is 268 g/mol. The van der Waals surface area contributed by atoms with Crippen LogP contribution in [0, 0.1) is 11.3 Å². The Balaban J connectivity index is 2.62. The Morgan fingerprint density at radius 3 is 2.50 bits per heavy atom. The number of rotatable bonds is 6. The molecule has 1 atom stereocenters. The van der Waals surface area contributed by atoms with Crippen molar-refractivity contribution in [1.29, 1.82) is 5.26 Å². The quantitative estimate of drug-likeness (QED) is 0.796. The maximum atomic E-state index is 11.7. The van der Waals surface area contributed by atoms with E-state index in [-0.39, 0.29) is 12.3 Å². The van der Waals surface area contributed by atoms with Gasteiger partial charge in [0.1, 0.15) is 0 Å². The summed E-state index contributed by atoms with van der Waals surface area (Å²) in [6, 6.07) is 8.33. The lowest BCUT2D eigenvalue weighted by molar-refractivity contribution is 0.174. The van der Waals surface area contributed by atoms with Crippen LogP contribution in [0.3, 0.4) is 0 Å². The summed E-state index contributed by atoms with van der Waals surface area (Å²) in [5.74, 6) is -0.158. The van der Waals surface area contributed by atoms with Crippen LogP contribution >= 0.6 is 0 Å². The first kappa shape index (κ1) is 14.6. The van der Waals surface area contributed by atoms with Crippen molar-refractivity contribution < 1.29 is 13.5 Å². The summed E-state index contributed by atoms with van der Waals surface area (Å²) in [5, 5.41) is 17.9. The summed E-state index contributed by atoms with van der Waals surface area (Å²) < 4.78 is 25.7. The molecular weight excluding hydrogens is 252 g/mol. The van der Waals surface area contributed by atoms with Crippen molar-refractivity contribution in [2.24, 2.45) is 0 Å². The fraction of sp³-hybridized carbons (Fsp3) is 0.417. The highest BCUT2D eigenvalue weighted by Crippen LogP contribution is 2.07. The Hall–Kier alpha value is -1.42. The number of hydrogen-bond acceptors (Lipinski definition) is 4. The van der Waals surface area contributed by atoms with Crippen molar-refractivity contribution in [1.82, 2.24) is 4.72 Å². The molecule has 0 spiro atoms. The number of nitrogens with one attached hydrogen (secondary N) is 1. The molecule has 1 unspecified atom stereocenters. The second kappa shape index (κ2) is 6.50. The van der Waals surface area contributed by atoms with Crippen LogP contribution < -0.4 is 4.72 Å². The molecule has 0 fully saturated rings. The number of sulfonamides is 1. The molecule has 0 aliphatic rings. The second-order valence-electron chi connectivity index (χ2n) is 3.98. The van der Waals surface area contributed by atoms with Crippen molar-refractivity contribution in [2.45, 2.75) is 25.2 Å². The standard InChI is InChI=1S/C12H16N2O3S/c1-2-12(15)8-14-18(16,17)9-11-5-3-10(7-13)4-6-11/h3-6,12,14-15H,2,8-9H2,1H3. The molecule has 18 heavy (non-hydrogen) atoms. The van der Waals surface area contributed by atoms with Crippen LogP contribution in [0.4, 0.5) is 0 Å². The smallest absolute Gasteiger partial charge is 0.215 e. The van der Waals surface area contributed by atoms with E-state index in [1.54, 1.807) is 31.2 Å². The van der Waals surface area contributed by atoms with E-state index >= 15 is 0 Å². The minimum atomic E-state index is -3.45. The Labute approximate surface area is 107 Å². The summed E-state index contributed by atoms with van der Waals surface area (Å²) in [7, 11) is -3.45. The van der Waals surface area contributed by atoms with Gasteiger partial charge in [-0.3, -0.25) is 0 Å². The molecule has 0 aliphatic carbocycles.